The molecule has 0 N–H and O–H groups in total. The van der Waals surface area contributed by atoms with Gasteiger partial charge in [-0.25, -0.2) is 0 Å². The maximum absolute atomic E-state index is 12.1. The largest absolute Gasteiger partial charge is 2.00 e. The summed E-state index contributed by atoms with van der Waals surface area (Å²) < 4.78 is 36.3. The molecule has 0 aromatic heterocycles. The molecular formula is C8H8BrF3Mg. The Hall–Kier alpha value is 0.256. The van der Waals surface area contributed by atoms with E-state index in [1.54, 1.807) is 6.07 Å². The molecule has 1 aromatic rings. The first kappa shape index (κ1) is 13.3. The molecule has 0 aliphatic heterocycles. The second kappa shape index (κ2) is 5.21. The second-order valence-electron chi connectivity index (χ2n) is 2.33. The van der Waals surface area contributed by atoms with Gasteiger partial charge in [-0.2, -0.15) is 13.2 Å². The van der Waals surface area contributed by atoms with Gasteiger partial charge in [0.25, 0.3) is 0 Å². The molecule has 0 spiro atoms. The molecule has 0 saturated carbocycles. The molecule has 1 rings (SSSR count). The van der Waals surface area contributed by atoms with E-state index in [4.69, 9.17) is 0 Å². The van der Waals surface area contributed by atoms with Crippen LogP contribution in [-0.4, -0.2) is 23.1 Å². The molecule has 0 aliphatic rings. The Morgan fingerprint density at radius 2 is 1.92 bits per heavy atom. The fourth-order valence-electron chi connectivity index (χ4n) is 0.831. The third-order valence-corrected chi connectivity index (χ3v) is 2.06. The number of hydrogen-bond acceptors (Lipinski definition) is 0. The zero-order chi connectivity index (χ0) is 9.19. The Morgan fingerprint density at radius 3 is 2.38 bits per heavy atom. The van der Waals surface area contributed by atoms with Crippen molar-refractivity contribution in [2.45, 2.75) is 11.5 Å². The van der Waals surface area contributed by atoms with Crippen molar-refractivity contribution in [3.05, 3.63) is 35.4 Å². The van der Waals surface area contributed by atoms with Crippen LogP contribution in [0.4, 0.5) is 13.2 Å². The Kier molecular flexibility index (Phi) is 5.32. The van der Waals surface area contributed by atoms with Crippen LogP contribution in [0.3, 0.4) is 0 Å². The molecule has 13 heavy (non-hydrogen) atoms. The summed E-state index contributed by atoms with van der Waals surface area (Å²) >= 11 is 3.09. The van der Waals surface area contributed by atoms with Crippen LogP contribution in [0.1, 0.15) is 14.0 Å². The minimum absolute atomic E-state index is 0. The van der Waals surface area contributed by atoms with Gasteiger partial charge in [0.2, 0.25) is 0 Å². The Balaban J connectivity index is -0.000000480. The molecule has 0 nitrogen and oxygen atoms in total. The first-order valence-electron chi connectivity index (χ1n) is 3.26. The van der Waals surface area contributed by atoms with Crippen molar-refractivity contribution in [1.82, 2.24) is 0 Å². The summed E-state index contributed by atoms with van der Waals surface area (Å²) in [6, 6.07) is 5.24. The van der Waals surface area contributed by atoms with Crippen LogP contribution in [0.2, 0.25) is 0 Å². The number of hydrogen-bond donors (Lipinski definition) is 0. The molecule has 0 fully saturated rings. The van der Waals surface area contributed by atoms with E-state index >= 15 is 0 Å². The van der Waals surface area contributed by atoms with Crippen LogP contribution in [0, 0.1) is 0 Å². The van der Waals surface area contributed by atoms with Gasteiger partial charge >= 0.3 is 29.2 Å². The molecule has 5 heteroatoms. The molecule has 0 saturated heterocycles. The van der Waals surface area contributed by atoms with Crippen LogP contribution in [0.25, 0.3) is 0 Å². The molecule has 0 atom stereocenters. The van der Waals surface area contributed by atoms with Gasteiger partial charge in [0.15, 0.2) is 0 Å². The molecule has 0 aliphatic carbocycles. The van der Waals surface area contributed by atoms with Gasteiger partial charge < -0.3 is 2.85 Å². The van der Waals surface area contributed by atoms with E-state index in [0.29, 0.717) is 10.9 Å². The van der Waals surface area contributed by atoms with E-state index in [2.05, 4.69) is 15.9 Å². The van der Waals surface area contributed by atoms with Gasteiger partial charge in [0.05, 0.1) is 5.56 Å². The summed E-state index contributed by atoms with van der Waals surface area (Å²) in [6.45, 7) is 0. The first-order valence-corrected chi connectivity index (χ1v) is 4.38. The van der Waals surface area contributed by atoms with Gasteiger partial charge in [-0.3, -0.25) is 0 Å². The zero-order valence-corrected chi connectivity index (χ0v) is 9.74. The normalized spacial score (nSPS) is 10.8. The second-order valence-corrected chi connectivity index (χ2v) is 2.89. The summed E-state index contributed by atoms with van der Waals surface area (Å²) in [5.41, 5.74) is 0.0317. The van der Waals surface area contributed by atoms with Crippen molar-refractivity contribution in [1.29, 1.82) is 0 Å². The Morgan fingerprint density at radius 1 is 1.31 bits per heavy atom. The minimum atomic E-state index is -4.24. The monoisotopic (exact) mass is 264 g/mol. The van der Waals surface area contributed by atoms with Crippen molar-refractivity contribution >= 4 is 39.0 Å². The number of halogens is 4. The Bertz CT molecular complexity index is 281. The van der Waals surface area contributed by atoms with Crippen molar-refractivity contribution in [3.8, 4) is 0 Å². The van der Waals surface area contributed by atoms with Gasteiger partial charge in [-0.1, -0.05) is 34.1 Å². The standard InChI is InChI=1S/C8H6BrF3.Mg.2H/c9-5-6-2-1-3-7(4-6)8(10,11)12;;;/h1-4H,5H2;;;/q;+2;2*-1. The summed E-state index contributed by atoms with van der Waals surface area (Å²) in [5, 5.41) is 0.441. The average molecular weight is 265 g/mol. The average Bonchev–Trinajstić information content (AvgIpc) is 2.03. The first-order chi connectivity index (χ1) is 5.54. The van der Waals surface area contributed by atoms with E-state index in [1.807, 2.05) is 0 Å². The third kappa shape index (κ3) is 3.87. The third-order valence-electron chi connectivity index (χ3n) is 1.41. The number of alkyl halides is 4. The van der Waals surface area contributed by atoms with Crippen LogP contribution < -0.4 is 0 Å². The molecule has 70 valence electrons. The van der Waals surface area contributed by atoms with Crippen LogP contribution in [0.5, 0.6) is 0 Å². The van der Waals surface area contributed by atoms with Gasteiger partial charge in [-0.15, -0.1) is 0 Å². The number of rotatable bonds is 1. The fourth-order valence-corrected chi connectivity index (χ4v) is 1.18. The van der Waals surface area contributed by atoms with Crippen LogP contribution in [-0.2, 0) is 11.5 Å². The van der Waals surface area contributed by atoms with Crippen molar-refractivity contribution < 1.29 is 16.0 Å². The molecule has 0 heterocycles. The van der Waals surface area contributed by atoms with E-state index in [-0.39, 0.29) is 25.9 Å². The summed E-state index contributed by atoms with van der Waals surface area (Å²) in [4.78, 5) is 0. The zero-order valence-electron chi connectivity index (χ0n) is 8.74. The summed E-state index contributed by atoms with van der Waals surface area (Å²) in [5.74, 6) is 0. The Labute approximate surface area is 102 Å². The molecule has 0 amide bonds. The predicted octanol–water partition coefficient (Wildman–Crippen LogP) is 3.44. The van der Waals surface area contributed by atoms with Crippen molar-refractivity contribution in [3.63, 3.8) is 0 Å². The summed E-state index contributed by atoms with van der Waals surface area (Å²) in [7, 11) is 0. The SMILES string of the molecule is FC(F)(F)c1cccc(CBr)c1.[H-].[H-].[Mg+2]. The van der Waals surface area contributed by atoms with Crippen LogP contribution >= 0.6 is 15.9 Å². The topological polar surface area (TPSA) is 0 Å². The van der Waals surface area contributed by atoms with Crippen LogP contribution in [0.15, 0.2) is 24.3 Å². The van der Waals surface area contributed by atoms with E-state index in [9.17, 15) is 13.2 Å². The van der Waals surface area contributed by atoms with E-state index < -0.39 is 11.7 Å². The molecule has 0 bridgehead atoms. The fraction of sp³-hybridized carbons (Fsp3) is 0.250. The molecule has 0 unspecified atom stereocenters. The quantitative estimate of drug-likeness (QED) is 0.539. The maximum atomic E-state index is 12.1. The molecular weight excluding hydrogens is 257 g/mol. The smallest absolute Gasteiger partial charge is 1.00 e. The minimum Gasteiger partial charge on any atom is -1.00 e. The maximum Gasteiger partial charge on any atom is 2.00 e. The van der Waals surface area contributed by atoms with Crippen molar-refractivity contribution in [2.75, 3.05) is 0 Å². The summed E-state index contributed by atoms with van der Waals surface area (Å²) in [6.07, 6.45) is -4.24. The molecule has 1 aromatic carbocycles. The predicted molar refractivity (Wildman–Crippen MR) is 52.1 cm³/mol. The van der Waals surface area contributed by atoms with E-state index in [0.717, 1.165) is 12.1 Å². The van der Waals surface area contributed by atoms with Crippen molar-refractivity contribution in [2.24, 2.45) is 0 Å². The number of benzene rings is 1. The van der Waals surface area contributed by atoms with E-state index in [1.165, 1.54) is 6.07 Å². The molecule has 0 radical (unpaired) electrons. The van der Waals surface area contributed by atoms with Gasteiger partial charge in [0.1, 0.15) is 0 Å². The van der Waals surface area contributed by atoms with Gasteiger partial charge in [-0.05, 0) is 11.6 Å². The van der Waals surface area contributed by atoms with Gasteiger partial charge in [0, 0.05) is 5.33 Å².